The smallest absolute Gasteiger partial charge is 0.275 e. The molecule has 4 rings (SSSR count). The van der Waals surface area contributed by atoms with Crippen molar-refractivity contribution in [2.24, 2.45) is 0 Å². The van der Waals surface area contributed by atoms with Crippen LogP contribution in [-0.4, -0.2) is 10.9 Å². The molecule has 0 fully saturated rings. The average molecular weight is 359 g/mol. The Kier molecular flexibility index (Phi) is 4.14. The van der Waals surface area contributed by atoms with Crippen LogP contribution < -0.4 is 10.6 Å². The normalized spacial score (nSPS) is 10.8. The van der Waals surface area contributed by atoms with E-state index in [0.29, 0.717) is 10.6 Å². The molecule has 5 heteroatoms. The van der Waals surface area contributed by atoms with Crippen molar-refractivity contribution in [1.29, 1.82) is 0 Å². The Labute approximate surface area is 155 Å². The average Bonchev–Trinajstić information content (AvgIpc) is 3.02. The molecule has 0 aliphatic carbocycles. The quantitative estimate of drug-likeness (QED) is 0.549. The number of anilines is 3. The van der Waals surface area contributed by atoms with E-state index in [0.717, 1.165) is 27.2 Å². The number of pyridine rings is 1. The highest BCUT2D eigenvalue weighted by molar-refractivity contribution is 7.21. The molecule has 128 valence electrons. The number of nitrogen functional groups attached to an aromatic ring is 1. The molecular weight excluding hydrogens is 342 g/mol. The number of amides is 1. The standard InChI is InChI=1S/C21H17N3OS/c1-14-12-13-23-20-17(14)18(22)19(26-20)21(25)24(15-8-4-2-5-9-15)16-10-6-3-7-11-16/h2-13H,22H2,1H3. The van der Waals surface area contributed by atoms with Crippen LogP contribution in [0.3, 0.4) is 0 Å². The van der Waals surface area contributed by atoms with Crippen LogP contribution in [0, 0.1) is 6.92 Å². The van der Waals surface area contributed by atoms with Crippen molar-refractivity contribution in [2.45, 2.75) is 6.92 Å². The van der Waals surface area contributed by atoms with E-state index in [1.807, 2.05) is 73.7 Å². The fourth-order valence-corrected chi connectivity index (χ4v) is 4.07. The highest BCUT2D eigenvalue weighted by Crippen LogP contribution is 2.37. The van der Waals surface area contributed by atoms with Gasteiger partial charge in [0.2, 0.25) is 0 Å². The molecule has 4 aromatic rings. The van der Waals surface area contributed by atoms with E-state index in [2.05, 4.69) is 4.98 Å². The van der Waals surface area contributed by atoms with Gasteiger partial charge in [-0.1, -0.05) is 36.4 Å². The van der Waals surface area contributed by atoms with Gasteiger partial charge in [-0.05, 0) is 42.8 Å². The number of hydrogen-bond acceptors (Lipinski definition) is 4. The maximum Gasteiger partial charge on any atom is 0.275 e. The zero-order valence-corrected chi connectivity index (χ0v) is 15.0. The van der Waals surface area contributed by atoms with E-state index < -0.39 is 0 Å². The summed E-state index contributed by atoms with van der Waals surface area (Å²) in [7, 11) is 0. The minimum absolute atomic E-state index is 0.151. The lowest BCUT2D eigenvalue weighted by atomic mass is 10.1. The summed E-state index contributed by atoms with van der Waals surface area (Å²) in [5.41, 5.74) is 9.47. The molecule has 2 N–H and O–H groups in total. The number of benzene rings is 2. The van der Waals surface area contributed by atoms with E-state index in [1.165, 1.54) is 11.3 Å². The van der Waals surface area contributed by atoms with Crippen LogP contribution in [0.1, 0.15) is 15.2 Å². The number of hydrogen-bond donors (Lipinski definition) is 1. The van der Waals surface area contributed by atoms with Crippen molar-refractivity contribution in [3.63, 3.8) is 0 Å². The van der Waals surface area contributed by atoms with Crippen molar-refractivity contribution in [2.75, 3.05) is 10.6 Å². The van der Waals surface area contributed by atoms with Crippen LogP contribution in [0.2, 0.25) is 0 Å². The number of aryl methyl sites for hydroxylation is 1. The zero-order chi connectivity index (χ0) is 18.1. The fourth-order valence-electron chi connectivity index (χ4n) is 3.00. The molecule has 0 spiro atoms. The molecule has 0 saturated carbocycles. The van der Waals surface area contributed by atoms with Gasteiger partial charge in [0.1, 0.15) is 9.71 Å². The van der Waals surface area contributed by atoms with Gasteiger partial charge in [0.05, 0.1) is 5.69 Å². The summed E-state index contributed by atoms with van der Waals surface area (Å²) in [5, 5.41) is 0.863. The molecule has 4 nitrogen and oxygen atoms in total. The lowest BCUT2D eigenvalue weighted by Gasteiger charge is -2.22. The predicted molar refractivity (Wildman–Crippen MR) is 108 cm³/mol. The molecule has 0 unspecified atom stereocenters. The molecule has 1 amide bonds. The Morgan fingerprint density at radius 2 is 1.54 bits per heavy atom. The Bertz CT molecular complexity index is 1040. The first-order chi connectivity index (χ1) is 12.7. The Hall–Kier alpha value is -3.18. The fraction of sp³-hybridized carbons (Fsp3) is 0.0476. The number of carbonyl (C=O) groups excluding carboxylic acids is 1. The molecule has 0 radical (unpaired) electrons. The van der Waals surface area contributed by atoms with E-state index in [1.54, 1.807) is 11.1 Å². The second-order valence-corrected chi connectivity index (χ2v) is 6.96. The third-order valence-corrected chi connectivity index (χ3v) is 5.36. The van der Waals surface area contributed by atoms with Crippen molar-refractivity contribution in [3.05, 3.63) is 83.4 Å². The second kappa shape index (κ2) is 6.61. The van der Waals surface area contributed by atoms with Gasteiger partial charge in [-0.3, -0.25) is 9.69 Å². The lowest BCUT2D eigenvalue weighted by Crippen LogP contribution is -2.25. The van der Waals surface area contributed by atoms with Gasteiger partial charge in [0.15, 0.2) is 0 Å². The first kappa shape index (κ1) is 16.3. The molecule has 0 aliphatic rings. The van der Waals surface area contributed by atoms with Gasteiger partial charge in [0.25, 0.3) is 5.91 Å². The van der Waals surface area contributed by atoms with Crippen molar-refractivity contribution in [3.8, 4) is 0 Å². The second-order valence-electron chi connectivity index (χ2n) is 5.96. The van der Waals surface area contributed by atoms with Gasteiger partial charge >= 0.3 is 0 Å². The first-order valence-corrected chi connectivity index (χ1v) is 9.06. The summed E-state index contributed by atoms with van der Waals surface area (Å²) in [6, 6.07) is 21.1. The highest BCUT2D eigenvalue weighted by Gasteiger charge is 2.25. The third kappa shape index (κ3) is 2.72. The van der Waals surface area contributed by atoms with E-state index >= 15 is 0 Å². The number of nitrogens with zero attached hydrogens (tertiary/aromatic N) is 2. The van der Waals surface area contributed by atoms with Gasteiger partial charge in [-0.15, -0.1) is 11.3 Å². The monoisotopic (exact) mass is 359 g/mol. The van der Waals surface area contributed by atoms with Gasteiger partial charge in [-0.2, -0.15) is 0 Å². The summed E-state index contributed by atoms with van der Waals surface area (Å²) in [6.07, 6.45) is 1.74. The summed E-state index contributed by atoms with van der Waals surface area (Å²) in [5.74, 6) is -0.151. The predicted octanol–water partition coefficient (Wildman–Crippen LogP) is 5.17. The number of rotatable bonds is 3. The Balaban J connectivity index is 1.89. The summed E-state index contributed by atoms with van der Waals surface area (Å²) in [4.78, 5) is 20.8. The van der Waals surface area contributed by atoms with Crippen LogP contribution >= 0.6 is 11.3 Å². The minimum Gasteiger partial charge on any atom is -0.397 e. The highest BCUT2D eigenvalue weighted by atomic mass is 32.1. The minimum atomic E-state index is -0.151. The largest absolute Gasteiger partial charge is 0.397 e. The third-order valence-electron chi connectivity index (χ3n) is 4.26. The molecule has 0 saturated heterocycles. The van der Waals surface area contributed by atoms with Gasteiger partial charge in [-0.25, -0.2) is 4.98 Å². The molecule has 0 bridgehead atoms. The van der Waals surface area contributed by atoms with Crippen LogP contribution in [0.15, 0.2) is 72.9 Å². The Morgan fingerprint density at radius 1 is 0.962 bits per heavy atom. The topological polar surface area (TPSA) is 59.2 Å². The summed E-state index contributed by atoms with van der Waals surface area (Å²) >= 11 is 1.34. The van der Waals surface area contributed by atoms with Crippen LogP contribution in [0.5, 0.6) is 0 Å². The number of para-hydroxylation sites is 2. The molecular formula is C21H17N3OS. The van der Waals surface area contributed by atoms with E-state index in [-0.39, 0.29) is 5.91 Å². The van der Waals surface area contributed by atoms with Crippen molar-refractivity contribution in [1.82, 2.24) is 4.98 Å². The number of nitrogens with two attached hydrogens (primary N) is 1. The molecule has 0 aliphatic heterocycles. The molecule has 0 atom stereocenters. The van der Waals surface area contributed by atoms with Crippen LogP contribution in [0.25, 0.3) is 10.2 Å². The number of aromatic nitrogens is 1. The zero-order valence-electron chi connectivity index (χ0n) is 14.2. The maximum atomic E-state index is 13.5. The van der Waals surface area contributed by atoms with Gasteiger partial charge < -0.3 is 5.73 Å². The summed E-state index contributed by atoms with van der Waals surface area (Å²) < 4.78 is 0. The molecule has 2 aromatic carbocycles. The lowest BCUT2D eigenvalue weighted by molar-refractivity contribution is 0.100. The number of fused-ring (bicyclic) bond motifs is 1. The van der Waals surface area contributed by atoms with E-state index in [9.17, 15) is 4.79 Å². The number of thiophene rings is 1. The van der Waals surface area contributed by atoms with Crippen LogP contribution in [0.4, 0.5) is 17.1 Å². The van der Waals surface area contributed by atoms with Crippen molar-refractivity contribution >= 4 is 44.5 Å². The molecule has 2 aromatic heterocycles. The molecule has 2 heterocycles. The van der Waals surface area contributed by atoms with Gasteiger partial charge in [0, 0.05) is 23.0 Å². The summed E-state index contributed by atoms with van der Waals surface area (Å²) in [6.45, 7) is 1.98. The molecule has 26 heavy (non-hydrogen) atoms. The Morgan fingerprint density at radius 3 is 2.08 bits per heavy atom. The SMILES string of the molecule is Cc1ccnc2sc(C(=O)N(c3ccccc3)c3ccccc3)c(N)c12. The van der Waals surface area contributed by atoms with E-state index in [4.69, 9.17) is 5.73 Å². The van der Waals surface area contributed by atoms with Crippen LogP contribution in [-0.2, 0) is 0 Å². The first-order valence-electron chi connectivity index (χ1n) is 8.25. The van der Waals surface area contributed by atoms with Crippen molar-refractivity contribution < 1.29 is 4.79 Å². The number of carbonyl (C=O) groups is 1. The maximum absolute atomic E-state index is 13.5.